The van der Waals surface area contributed by atoms with Gasteiger partial charge in [0.15, 0.2) is 0 Å². The fourth-order valence-corrected chi connectivity index (χ4v) is 6.25. The fraction of sp³-hybridized carbons (Fsp3) is 0.0833. The molecule has 6 rings (SSSR count). The number of fused-ring (bicyclic) bond motifs is 1. The van der Waals surface area contributed by atoms with E-state index >= 15 is 0 Å². The Hall–Kier alpha value is -5.85. The van der Waals surface area contributed by atoms with Crippen LogP contribution in [0.4, 0.5) is 0 Å². The van der Waals surface area contributed by atoms with Gasteiger partial charge in [-0.2, -0.15) is 5.26 Å². The number of esters is 1. The number of carbonyl (C=O) groups excluding carboxylic acids is 1. The molecule has 0 bridgehead atoms. The lowest BCUT2D eigenvalue weighted by molar-refractivity contribution is -0.138. The van der Waals surface area contributed by atoms with E-state index in [9.17, 15) is 14.9 Å². The molecule has 1 aliphatic rings. The van der Waals surface area contributed by atoms with Crippen molar-refractivity contribution in [3.63, 3.8) is 0 Å². The molecule has 2 heterocycles. The predicted molar refractivity (Wildman–Crippen MR) is 173 cm³/mol. The lowest BCUT2D eigenvalue weighted by Crippen LogP contribution is -2.40. The first kappa shape index (κ1) is 29.2. The molecule has 1 aromatic heterocycles. The highest BCUT2D eigenvalue weighted by molar-refractivity contribution is 7.07. The van der Waals surface area contributed by atoms with Crippen LogP contribution in [0.5, 0.6) is 23.0 Å². The molecule has 1 aliphatic heterocycles. The maximum absolute atomic E-state index is 13.8. The van der Waals surface area contributed by atoms with Gasteiger partial charge in [-0.15, -0.1) is 11.3 Å². The lowest BCUT2D eigenvalue weighted by atomic mass is 9.83. The van der Waals surface area contributed by atoms with Gasteiger partial charge in [-0.05, 0) is 72.7 Å². The second kappa shape index (κ2) is 12.8. The van der Waals surface area contributed by atoms with Crippen molar-refractivity contribution in [1.29, 1.82) is 5.26 Å². The molecule has 2 N–H and O–H groups in total. The third-order valence-corrected chi connectivity index (χ3v) is 8.18. The Morgan fingerprint density at radius 2 is 1.49 bits per heavy atom. The number of nitrogens with zero attached hydrogens (tertiary/aromatic N) is 2. The summed E-state index contributed by atoms with van der Waals surface area (Å²) in [6.07, 6.45) is 1.71. The Balaban J connectivity index is 1.48. The van der Waals surface area contributed by atoms with Crippen molar-refractivity contribution in [3.05, 3.63) is 145 Å². The van der Waals surface area contributed by atoms with Crippen LogP contribution >= 0.6 is 11.3 Å². The quantitative estimate of drug-likeness (QED) is 0.230. The number of hydrogen-bond acceptors (Lipinski definition) is 8. The number of nitriles is 1. The van der Waals surface area contributed by atoms with E-state index in [-0.39, 0.29) is 23.6 Å². The Labute approximate surface area is 262 Å². The smallest absolute Gasteiger partial charge is 0.338 e. The number of aromatic nitrogens is 1. The summed E-state index contributed by atoms with van der Waals surface area (Å²) in [6.45, 7) is 1.77. The van der Waals surface area contributed by atoms with Gasteiger partial charge in [0, 0.05) is 0 Å². The van der Waals surface area contributed by atoms with Gasteiger partial charge < -0.3 is 19.9 Å². The zero-order valence-electron chi connectivity index (χ0n) is 24.2. The predicted octanol–water partition coefficient (Wildman–Crippen LogP) is 5.49. The summed E-state index contributed by atoms with van der Waals surface area (Å²) >= 11 is 1.13. The van der Waals surface area contributed by atoms with Gasteiger partial charge in [0.2, 0.25) is 0 Å². The van der Waals surface area contributed by atoms with E-state index in [2.05, 4.69) is 6.07 Å². The van der Waals surface area contributed by atoms with Crippen LogP contribution in [0, 0.1) is 11.3 Å². The zero-order chi connectivity index (χ0) is 31.3. The Morgan fingerprint density at radius 1 is 0.889 bits per heavy atom. The van der Waals surface area contributed by atoms with Crippen LogP contribution in [0.2, 0.25) is 0 Å². The third-order valence-electron chi connectivity index (χ3n) is 7.07. The molecular weight excluding hydrogens is 586 g/mol. The number of nitrogens with two attached hydrogens (primary N) is 1. The summed E-state index contributed by atoms with van der Waals surface area (Å²) in [5.74, 6) is 0.756. The summed E-state index contributed by atoms with van der Waals surface area (Å²) in [4.78, 5) is 27.2. The molecule has 5 aromatic rings. The first-order chi connectivity index (χ1) is 22.0. The lowest BCUT2D eigenvalue weighted by Gasteiger charge is -2.25. The SMILES string of the molecule is CCOC(=O)C1=C(N)n2c(sc(=Cc3cccc(Oc4ccccc4)c3)c2=O)=C(C#N)[C@H]1c1cccc(Oc2ccccc2)c1. The van der Waals surface area contributed by atoms with E-state index in [0.717, 1.165) is 11.3 Å². The highest BCUT2D eigenvalue weighted by atomic mass is 32.1. The summed E-state index contributed by atoms with van der Waals surface area (Å²) in [6, 6.07) is 35.3. The molecule has 0 aliphatic carbocycles. The molecule has 222 valence electrons. The average molecular weight is 614 g/mol. The van der Waals surface area contributed by atoms with E-state index in [1.54, 1.807) is 37.3 Å². The fourth-order valence-electron chi connectivity index (χ4n) is 5.12. The number of thiazole rings is 1. The number of benzene rings is 4. The largest absolute Gasteiger partial charge is 0.463 e. The van der Waals surface area contributed by atoms with Crippen LogP contribution in [0.3, 0.4) is 0 Å². The van der Waals surface area contributed by atoms with Gasteiger partial charge in [-0.25, -0.2) is 4.79 Å². The minimum Gasteiger partial charge on any atom is -0.463 e. The molecule has 9 heteroatoms. The summed E-state index contributed by atoms with van der Waals surface area (Å²) in [5.41, 5.74) is 7.68. The van der Waals surface area contributed by atoms with Gasteiger partial charge in [-0.3, -0.25) is 9.36 Å². The summed E-state index contributed by atoms with van der Waals surface area (Å²) in [7, 11) is 0. The number of para-hydroxylation sites is 2. The molecule has 0 fully saturated rings. The molecular formula is C36H27N3O5S. The topological polar surface area (TPSA) is 117 Å². The number of ether oxygens (including phenoxy) is 3. The Bertz CT molecular complexity index is 2140. The van der Waals surface area contributed by atoms with E-state index in [1.807, 2.05) is 84.9 Å². The van der Waals surface area contributed by atoms with Crippen LogP contribution < -0.4 is 30.0 Å². The minimum atomic E-state index is -0.887. The van der Waals surface area contributed by atoms with Crippen molar-refractivity contribution in [1.82, 2.24) is 4.57 Å². The highest BCUT2D eigenvalue weighted by Gasteiger charge is 2.36. The van der Waals surface area contributed by atoms with Crippen LogP contribution in [-0.2, 0) is 9.53 Å². The first-order valence-corrected chi connectivity index (χ1v) is 15.0. The number of carbonyl (C=O) groups is 1. The third kappa shape index (κ3) is 6.00. The maximum atomic E-state index is 13.8. The second-order valence-corrected chi connectivity index (χ2v) is 11.0. The van der Waals surface area contributed by atoms with Gasteiger partial charge in [-0.1, -0.05) is 60.7 Å². The Kier molecular flexibility index (Phi) is 8.31. The van der Waals surface area contributed by atoms with E-state index in [0.29, 0.717) is 43.3 Å². The summed E-state index contributed by atoms with van der Waals surface area (Å²) < 4.78 is 19.3. The van der Waals surface area contributed by atoms with Crippen molar-refractivity contribution in [3.8, 4) is 29.1 Å². The minimum absolute atomic E-state index is 0.0162. The molecule has 1 atom stereocenters. The van der Waals surface area contributed by atoms with Crippen molar-refractivity contribution < 1.29 is 19.0 Å². The van der Waals surface area contributed by atoms with Crippen LogP contribution in [0.25, 0.3) is 17.5 Å². The molecule has 0 saturated carbocycles. The first-order valence-electron chi connectivity index (χ1n) is 14.2. The average Bonchev–Trinajstić information content (AvgIpc) is 3.37. The molecule has 0 saturated heterocycles. The maximum Gasteiger partial charge on any atom is 0.338 e. The van der Waals surface area contributed by atoms with Crippen molar-refractivity contribution in [2.24, 2.45) is 5.73 Å². The molecule has 0 spiro atoms. The van der Waals surface area contributed by atoms with Gasteiger partial charge in [0.05, 0.1) is 34.3 Å². The van der Waals surface area contributed by atoms with Crippen LogP contribution in [0.15, 0.2) is 120 Å². The van der Waals surface area contributed by atoms with Crippen molar-refractivity contribution in [2.75, 3.05) is 6.61 Å². The molecule has 0 radical (unpaired) electrons. The highest BCUT2D eigenvalue weighted by Crippen LogP contribution is 2.38. The molecule has 8 nitrogen and oxygen atoms in total. The van der Waals surface area contributed by atoms with Crippen molar-refractivity contribution >= 4 is 34.8 Å². The number of rotatable bonds is 8. The van der Waals surface area contributed by atoms with E-state index in [4.69, 9.17) is 19.9 Å². The number of hydrogen-bond donors (Lipinski definition) is 1. The van der Waals surface area contributed by atoms with E-state index < -0.39 is 17.4 Å². The van der Waals surface area contributed by atoms with Gasteiger partial charge in [0.25, 0.3) is 5.56 Å². The van der Waals surface area contributed by atoms with Crippen LogP contribution in [-0.4, -0.2) is 17.1 Å². The van der Waals surface area contributed by atoms with Gasteiger partial charge >= 0.3 is 5.97 Å². The molecule has 0 unspecified atom stereocenters. The molecule has 45 heavy (non-hydrogen) atoms. The van der Waals surface area contributed by atoms with E-state index in [1.165, 1.54) is 4.57 Å². The Morgan fingerprint density at radius 3 is 2.11 bits per heavy atom. The zero-order valence-corrected chi connectivity index (χ0v) is 25.0. The normalized spacial score (nSPS) is 14.4. The molecule has 4 aromatic carbocycles. The summed E-state index contributed by atoms with van der Waals surface area (Å²) in [5, 5.41) is 10.5. The monoisotopic (exact) mass is 613 g/mol. The van der Waals surface area contributed by atoms with Gasteiger partial charge in [0.1, 0.15) is 33.5 Å². The van der Waals surface area contributed by atoms with Crippen LogP contribution in [0.1, 0.15) is 24.0 Å². The van der Waals surface area contributed by atoms with Crippen molar-refractivity contribution in [2.45, 2.75) is 12.8 Å². The standard InChI is InChI=1S/C36H27N3O5S/c1-2-42-36(41)32-31(24-12-10-18-28(21-24)44-26-15-7-4-8-16-26)29(22-37)35-39(33(32)38)34(40)30(45-35)20-23-11-9-17-27(19-23)43-25-13-5-3-6-14-25/h3-21,31H,2,38H2,1H3/t31-/m1/s1. The molecule has 0 amide bonds. The second-order valence-electron chi connectivity index (χ2n) is 10.0.